The van der Waals surface area contributed by atoms with Crippen molar-refractivity contribution >= 4 is 28.5 Å². The Hall–Kier alpha value is -1.36. The van der Waals surface area contributed by atoms with Gasteiger partial charge in [-0.1, -0.05) is 0 Å². The third-order valence-corrected chi connectivity index (χ3v) is 3.75. The second-order valence-corrected chi connectivity index (χ2v) is 4.77. The van der Waals surface area contributed by atoms with Crippen molar-refractivity contribution in [2.45, 2.75) is 6.42 Å². The van der Waals surface area contributed by atoms with Crippen LogP contribution in [-0.2, 0) is 7.05 Å². The van der Waals surface area contributed by atoms with Gasteiger partial charge in [0.05, 0.1) is 11.6 Å². The monoisotopic (exact) mass is 251 g/mol. The second kappa shape index (κ2) is 4.14. The molecule has 5 nitrogen and oxygen atoms in total. The first-order valence-corrected chi connectivity index (χ1v) is 6.26. The van der Waals surface area contributed by atoms with Gasteiger partial charge in [-0.15, -0.1) is 11.6 Å². The molecular formula is C11H14ClN5. The maximum atomic E-state index is 5.91. The molecule has 0 bridgehead atoms. The van der Waals surface area contributed by atoms with E-state index >= 15 is 0 Å². The van der Waals surface area contributed by atoms with Crippen molar-refractivity contribution in [3.8, 4) is 0 Å². The first-order valence-electron chi connectivity index (χ1n) is 5.73. The number of rotatable bonds is 2. The lowest BCUT2D eigenvalue weighted by atomic mass is 10.2. The summed E-state index contributed by atoms with van der Waals surface area (Å²) >= 11 is 5.91. The third-order valence-electron chi connectivity index (χ3n) is 3.31. The highest BCUT2D eigenvalue weighted by Crippen LogP contribution is 2.27. The molecule has 90 valence electrons. The van der Waals surface area contributed by atoms with E-state index in [1.54, 1.807) is 11.0 Å². The molecule has 0 aliphatic carbocycles. The van der Waals surface area contributed by atoms with Crippen molar-refractivity contribution in [1.82, 2.24) is 19.7 Å². The summed E-state index contributed by atoms with van der Waals surface area (Å²) in [6.07, 6.45) is 4.57. The summed E-state index contributed by atoms with van der Waals surface area (Å²) < 4.78 is 1.77. The van der Waals surface area contributed by atoms with E-state index < -0.39 is 0 Å². The van der Waals surface area contributed by atoms with Crippen molar-refractivity contribution in [1.29, 1.82) is 0 Å². The fourth-order valence-corrected chi connectivity index (χ4v) is 2.60. The summed E-state index contributed by atoms with van der Waals surface area (Å²) in [7, 11) is 1.89. The molecule has 6 heteroatoms. The summed E-state index contributed by atoms with van der Waals surface area (Å²) in [5.74, 6) is 2.27. The summed E-state index contributed by atoms with van der Waals surface area (Å²) in [5.41, 5.74) is 0.879. The van der Waals surface area contributed by atoms with Crippen LogP contribution in [0, 0.1) is 5.92 Å². The van der Waals surface area contributed by atoms with Crippen LogP contribution in [0.1, 0.15) is 6.42 Å². The highest BCUT2D eigenvalue weighted by atomic mass is 35.5. The molecule has 0 amide bonds. The number of nitrogens with zero attached hydrogens (tertiary/aromatic N) is 5. The van der Waals surface area contributed by atoms with Gasteiger partial charge >= 0.3 is 0 Å². The van der Waals surface area contributed by atoms with Gasteiger partial charge in [-0.2, -0.15) is 5.10 Å². The maximum absolute atomic E-state index is 5.91. The minimum absolute atomic E-state index is 0.568. The van der Waals surface area contributed by atoms with Crippen LogP contribution in [0.25, 0.3) is 11.0 Å². The molecule has 3 heterocycles. The fourth-order valence-electron chi connectivity index (χ4n) is 2.35. The topological polar surface area (TPSA) is 46.8 Å². The van der Waals surface area contributed by atoms with E-state index in [1.165, 1.54) is 0 Å². The van der Waals surface area contributed by atoms with Crippen molar-refractivity contribution in [2.24, 2.45) is 13.0 Å². The predicted octanol–water partition coefficient (Wildman–Crippen LogP) is 1.43. The van der Waals surface area contributed by atoms with Gasteiger partial charge in [0.2, 0.25) is 0 Å². The molecule has 1 fully saturated rings. The molecule has 1 atom stereocenters. The summed E-state index contributed by atoms with van der Waals surface area (Å²) in [6.45, 7) is 1.99. The maximum Gasteiger partial charge on any atom is 0.163 e. The van der Waals surface area contributed by atoms with Crippen LogP contribution in [0.2, 0.25) is 0 Å². The zero-order valence-electron chi connectivity index (χ0n) is 9.67. The van der Waals surface area contributed by atoms with Gasteiger partial charge < -0.3 is 4.90 Å². The van der Waals surface area contributed by atoms with E-state index in [0.717, 1.165) is 42.2 Å². The van der Waals surface area contributed by atoms with E-state index in [0.29, 0.717) is 5.92 Å². The molecule has 0 spiro atoms. The van der Waals surface area contributed by atoms with Crippen LogP contribution in [0.5, 0.6) is 0 Å². The predicted molar refractivity (Wildman–Crippen MR) is 67.3 cm³/mol. The normalized spacial score (nSPS) is 20.4. The minimum Gasteiger partial charge on any atom is -0.356 e. The quantitative estimate of drug-likeness (QED) is 0.758. The lowest BCUT2D eigenvalue weighted by Gasteiger charge is -2.17. The number of hydrogen-bond donors (Lipinski definition) is 0. The smallest absolute Gasteiger partial charge is 0.163 e. The minimum atomic E-state index is 0.568. The van der Waals surface area contributed by atoms with E-state index in [2.05, 4.69) is 20.0 Å². The zero-order chi connectivity index (χ0) is 11.8. The van der Waals surface area contributed by atoms with Crippen LogP contribution in [0.4, 0.5) is 5.82 Å². The SMILES string of the molecule is Cn1ncc2c(N3CCC(CCl)C3)ncnc21. The molecule has 3 rings (SSSR count). The first kappa shape index (κ1) is 10.8. The number of aromatic nitrogens is 4. The Morgan fingerprint density at radius 1 is 1.47 bits per heavy atom. The van der Waals surface area contributed by atoms with E-state index in [-0.39, 0.29) is 0 Å². The van der Waals surface area contributed by atoms with E-state index in [1.807, 2.05) is 13.2 Å². The molecule has 1 aliphatic heterocycles. The van der Waals surface area contributed by atoms with Crippen molar-refractivity contribution in [3.05, 3.63) is 12.5 Å². The van der Waals surface area contributed by atoms with E-state index in [9.17, 15) is 0 Å². The van der Waals surface area contributed by atoms with Crippen LogP contribution in [0.3, 0.4) is 0 Å². The summed E-state index contributed by atoms with van der Waals surface area (Å²) in [4.78, 5) is 10.9. The number of aryl methyl sites for hydroxylation is 1. The van der Waals surface area contributed by atoms with Crippen LogP contribution >= 0.6 is 11.6 Å². The van der Waals surface area contributed by atoms with Crippen molar-refractivity contribution < 1.29 is 0 Å². The second-order valence-electron chi connectivity index (χ2n) is 4.46. The first-order chi connectivity index (χ1) is 8.29. The van der Waals surface area contributed by atoms with Gasteiger partial charge in [0, 0.05) is 26.0 Å². The standard InChI is InChI=1S/C11H14ClN5/c1-16-10-9(5-15-16)11(14-7-13-10)17-3-2-8(4-12)6-17/h5,7-8H,2-4,6H2,1H3. The molecule has 1 saturated heterocycles. The van der Waals surface area contributed by atoms with Crippen LogP contribution in [-0.4, -0.2) is 38.7 Å². The van der Waals surface area contributed by atoms with Gasteiger partial charge in [0.15, 0.2) is 5.65 Å². The molecule has 1 unspecified atom stereocenters. The van der Waals surface area contributed by atoms with Gasteiger partial charge in [0.1, 0.15) is 12.1 Å². The Labute approximate surface area is 104 Å². The highest BCUT2D eigenvalue weighted by Gasteiger charge is 2.24. The average molecular weight is 252 g/mol. The highest BCUT2D eigenvalue weighted by molar-refractivity contribution is 6.18. The average Bonchev–Trinajstić information content (AvgIpc) is 2.96. The fraction of sp³-hybridized carbons (Fsp3) is 0.545. The molecular weight excluding hydrogens is 238 g/mol. The van der Waals surface area contributed by atoms with Gasteiger partial charge in [-0.05, 0) is 12.3 Å². The number of hydrogen-bond acceptors (Lipinski definition) is 4. The number of alkyl halides is 1. The van der Waals surface area contributed by atoms with Gasteiger partial charge in [-0.3, -0.25) is 4.68 Å². The van der Waals surface area contributed by atoms with E-state index in [4.69, 9.17) is 11.6 Å². The third kappa shape index (κ3) is 1.74. The largest absolute Gasteiger partial charge is 0.356 e. The number of fused-ring (bicyclic) bond motifs is 1. The van der Waals surface area contributed by atoms with Gasteiger partial charge in [0.25, 0.3) is 0 Å². The molecule has 2 aromatic heterocycles. The molecule has 0 radical (unpaired) electrons. The summed E-state index contributed by atoms with van der Waals surface area (Å²) in [5, 5.41) is 5.25. The summed E-state index contributed by atoms with van der Waals surface area (Å²) in [6, 6.07) is 0. The Balaban J connectivity index is 2.00. The van der Waals surface area contributed by atoms with Crippen molar-refractivity contribution in [2.75, 3.05) is 23.9 Å². The Kier molecular flexibility index (Phi) is 2.63. The molecule has 0 aromatic carbocycles. The molecule has 1 aliphatic rings. The Morgan fingerprint density at radius 2 is 2.35 bits per heavy atom. The molecule has 17 heavy (non-hydrogen) atoms. The van der Waals surface area contributed by atoms with Crippen LogP contribution in [0.15, 0.2) is 12.5 Å². The lowest BCUT2D eigenvalue weighted by molar-refractivity contribution is 0.666. The molecule has 0 N–H and O–H groups in total. The van der Waals surface area contributed by atoms with Gasteiger partial charge in [-0.25, -0.2) is 9.97 Å². The van der Waals surface area contributed by atoms with Crippen molar-refractivity contribution in [3.63, 3.8) is 0 Å². The van der Waals surface area contributed by atoms with Crippen LogP contribution < -0.4 is 4.90 Å². The Morgan fingerprint density at radius 3 is 3.12 bits per heavy atom. The lowest BCUT2D eigenvalue weighted by Crippen LogP contribution is -2.21. The number of anilines is 1. The Bertz CT molecular complexity index is 538. The number of halogens is 1. The molecule has 2 aromatic rings. The zero-order valence-corrected chi connectivity index (χ0v) is 10.4. The molecule has 0 saturated carbocycles.